The average Bonchev–Trinajstić information content (AvgIpc) is 1.90. The molecule has 1 N–H and O–H groups in total. The Balaban J connectivity index is 2.88. The predicted octanol–water partition coefficient (Wildman–Crippen LogP) is 2.29. The van der Waals surface area contributed by atoms with E-state index >= 15 is 0 Å². The van der Waals surface area contributed by atoms with Crippen LogP contribution in [0.15, 0.2) is 24.3 Å². The fourth-order valence-corrected chi connectivity index (χ4v) is 0.617. The zero-order chi connectivity index (χ0) is 6.69. The van der Waals surface area contributed by atoms with E-state index < -0.39 is 0 Å². The van der Waals surface area contributed by atoms with Gasteiger partial charge in [-0.2, -0.15) is 0 Å². The highest BCUT2D eigenvalue weighted by molar-refractivity contribution is 5.41. The Labute approximate surface area is 53.4 Å². The van der Waals surface area contributed by atoms with E-state index in [2.05, 4.69) is 0 Å². The van der Waals surface area contributed by atoms with Gasteiger partial charge in [-0.3, -0.25) is 0 Å². The molecule has 48 valence electrons. The number of hydrogen-bond donors (Lipinski definition) is 1. The molecule has 0 atom stereocenters. The minimum absolute atomic E-state index is 0.501. The van der Waals surface area contributed by atoms with Crippen LogP contribution in [0.2, 0.25) is 0 Å². The maximum Gasteiger partial charge on any atom is 0.0655 e. The van der Waals surface area contributed by atoms with Crippen molar-refractivity contribution in [1.82, 2.24) is 0 Å². The molecule has 2 heteroatoms. The Bertz CT molecular complexity index is 181. The first-order chi connectivity index (χ1) is 4.33. The van der Waals surface area contributed by atoms with Gasteiger partial charge < -0.3 is 0 Å². The summed E-state index contributed by atoms with van der Waals surface area (Å²) in [6.45, 7) is 1.96. The highest BCUT2D eigenvalue weighted by Crippen LogP contribution is 2.07. The summed E-state index contributed by atoms with van der Waals surface area (Å²) >= 11 is 0. The quantitative estimate of drug-likeness (QED) is 0.568. The molecular formula is C7H8FN. The average molecular weight is 125 g/mol. The number of anilines is 1. The van der Waals surface area contributed by atoms with Crippen LogP contribution in [0.25, 0.3) is 0 Å². The molecule has 0 saturated heterocycles. The fourth-order valence-electron chi connectivity index (χ4n) is 0.617. The van der Waals surface area contributed by atoms with Crippen molar-refractivity contribution in [2.75, 3.05) is 5.54 Å². The molecule has 0 fully saturated rings. The van der Waals surface area contributed by atoms with Gasteiger partial charge in [-0.05, 0) is 19.1 Å². The number of hydrogen-bond acceptors (Lipinski definition) is 1. The summed E-state index contributed by atoms with van der Waals surface area (Å²) in [5, 5.41) is 0. The molecule has 0 amide bonds. The maximum absolute atomic E-state index is 11.6. The van der Waals surface area contributed by atoms with Crippen LogP contribution in [0.3, 0.4) is 0 Å². The Kier molecular flexibility index (Phi) is 1.68. The number of benzene rings is 1. The van der Waals surface area contributed by atoms with Crippen LogP contribution in [0.4, 0.5) is 10.2 Å². The third-order valence-corrected chi connectivity index (χ3v) is 1.16. The predicted molar refractivity (Wildman–Crippen MR) is 35.9 cm³/mol. The van der Waals surface area contributed by atoms with Gasteiger partial charge in [0.15, 0.2) is 0 Å². The van der Waals surface area contributed by atoms with Crippen molar-refractivity contribution in [1.29, 1.82) is 0 Å². The van der Waals surface area contributed by atoms with Crippen LogP contribution in [-0.4, -0.2) is 0 Å². The van der Waals surface area contributed by atoms with Crippen LogP contribution < -0.4 is 5.54 Å². The summed E-state index contributed by atoms with van der Waals surface area (Å²) in [6.07, 6.45) is 0. The van der Waals surface area contributed by atoms with Gasteiger partial charge in [0.2, 0.25) is 0 Å². The third-order valence-electron chi connectivity index (χ3n) is 1.16. The van der Waals surface area contributed by atoms with E-state index in [4.69, 9.17) is 0 Å². The van der Waals surface area contributed by atoms with Crippen LogP contribution in [0.5, 0.6) is 0 Å². The number of nitrogens with one attached hydrogen (secondary N) is 1. The second-order valence-electron chi connectivity index (χ2n) is 1.96. The van der Waals surface area contributed by atoms with Gasteiger partial charge >= 0.3 is 0 Å². The van der Waals surface area contributed by atoms with Crippen molar-refractivity contribution in [3.63, 3.8) is 0 Å². The van der Waals surface area contributed by atoms with Crippen molar-refractivity contribution in [3.05, 3.63) is 29.8 Å². The normalized spacial score (nSPS) is 9.11. The van der Waals surface area contributed by atoms with Gasteiger partial charge in [0.05, 0.1) is 5.69 Å². The summed E-state index contributed by atoms with van der Waals surface area (Å²) < 4.78 is 11.6. The molecule has 0 aliphatic carbocycles. The lowest BCUT2D eigenvalue weighted by atomic mass is 10.2. The molecule has 0 saturated carbocycles. The Morgan fingerprint density at radius 3 is 2.22 bits per heavy atom. The third kappa shape index (κ3) is 1.42. The molecule has 0 aliphatic rings. The second kappa shape index (κ2) is 2.49. The van der Waals surface area contributed by atoms with Gasteiger partial charge in [0, 0.05) is 0 Å². The van der Waals surface area contributed by atoms with E-state index in [-0.39, 0.29) is 0 Å². The lowest BCUT2D eigenvalue weighted by Crippen LogP contribution is -1.79. The minimum Gasteiger partial charge on any atom is -0.225 e. The topological polar surface area (TPSA) is 12.0 Å². The molecule has 1 aromatic carbocycles. The van der Waals surface area contributed by atoms with Gasteiger partial charge in [-0.25, -0.2) is 5.54 Å². The highest BCUT2D eigenvalue weighted by Gasteiger charge is 1.85. The molecule has 0 spiro atoms. The van der Waals surface area contributed by atoms with Gasteiger partial charge in [-0.15, -0.1) is 4.48 Å². The van der Waals surface area contributed by atoms with Crippen LogP contribution >= 0.6 is 0 Å². The number of halogens is 1. The lowest BCUT2D eigenvalue weighted by molar-refractivity contribution is 0.618. The Morgan fingerprint density at radius 1 is 1.22 bits per heavy atom. The van der Waals surface area contributed by atoms with E-state index in [0.717, 1.165) is 5.56 Å². The summed E-state index contributed by atoms with van der Waals surface area (Å²) in [6, 6.07) is 7.08. The molecule has 0 aromatic heterocycles. The largest absolute Gasteiger partial charge is 0.225 e. The SMILES string of the molecule is Cc1ccc(NF)cc1. The zero-order valence-corrected chi connectivity index (χ0v) is 5.19. The van der Waals surface area contributed by atoms with Crippen LogP contribution in [-0.2, 0) is 0 Å². The maximum atomic E-state index is 11.6. The monoisotopic (exact) mass is 125 g/mol. The molecule has 0 aliphatic heterocycles. The standard InChI is InChI=1S/C7H8FN/c1-6-2-4-7(9-8)5-3-6/h2-5,9H,1H3. The molecule has 1 aromatic rings. The van der Waals surface area contributed by atoms with Crippen LogP contribution in [0.1, 0.15) is 5.56 Å². The van der Waals surface area contributed by atoms with Gasteiger partial charge in [-0.1, -0.05) is 17.7 Å². The lowest BCUT2D eigenvalue weighted by Gasteiger charge is -1.94. The summed E-state index contributed by atoms with van der Waals surface area (Å²) in [4.78, 5) is 0. The smallest absolute Gasteiger partial charge is 0.0655 e. The fraction of sp³-hybridized carbons (Fsp3) is 0.143. The molecule has 0 bridgehead atoms. The minimum atomic E-state index is 0.501. The van der Waals surface area contributed by atoms with Crippen LogP contribution in [0, 0.1) is 6.92 Å². The second-order valence-corrected chi connectivity index (χ2v) is 1.96. The summed E-state index contributed by atoms with van der Waals surface area (Å²) in [7, 11) is 0. The Hall–Kier alpha value is -1.05. The molecule has 0 radical (unpaired) electrons. The van der Waals surface area contributed by atoms with E-state index in [1.54, 1.807) is 17.7 Å². The molecular weight excluding hydrogens is 117 g/mol. The van der Waals surface area contributed by atoms with E-state index in [1.807, 2.05) is 19.1 Å². The number of aryl methyl sites for hydroxylation is 1. The molecule has 1 nitrogen and oxygen atoms in total. The first kappa shape index (κ1) is 6.08. The van der Waals surface area contributed by atoms with E-state index in [9.17, 15) is 4.48 Å². The van der Waals surface area contributed by atoms with Crippen molar-refractivity contribution in [2.24, 2.45) is 0 Å². The zero-order valence-electron chi connectivity index (χ0n) is 5.19. The first-order valence-corrected chi connectivity index (χ1v) is 2.76. The summed E-state index contributed by atoms with van der Waals surface area (Å²) in [5.41, 5.74) is 3.19. The molecule has 9 heavy (non-hydrogen) atoms. The molecule has 0 heterocycles. The molecule has 1 rings (SSSR count). The van der Waals surface area contributed by atoms with E-state index in [1.165, 1.54) is 0 Å². The van der Waals surface area contributed by atoms with E-state index in [0.29, 0.717) is 5.69 Å². The van der Waals surface area contributed by atoms with Gasteiger partial charge in [0.25, 0.3) is 0 Å². The number of rotatable bonds is 1. The van der Waals surface area contributed by atoms with Crippen molar-refractivity contribution < 1.29 is 4.48 Å². The van der Waals surface area contributed by atoms with Gasteiger partial charge in [0.1, 0.15) is 0 Å². The Morgan fingerprint density at radius 2 is 1.78 bits per heavy atom. The first-order valence-electron chi connectivity index (χ1n) is 2.76. The molecule has 0 unspecified atom stereocenters. The van der Waals surface area contributed by atoms with Crippen molar-refractivity contribution in [3.8, 4) is 0 Å². The van der Waals surface area contributed by atoms with Crippen molar-refractivity contribution in [2.45, 2.75) is 6.92 Å². The van der Waals surface area contributed by atoms with Crippen molar-refractivity contribution >= 4 is 5.69 Å². The highest BCUT2D eigenvalue weighted by atomic mass is 19.2. The summed E-state index contributed by atoms with van der Waals surface area (Å²) in [5.74, 6) is 0.